The molecule has 0 fully saturated rings. The number of nitrogen functional groups attached to an aromatic ring is 1. The maximum absolute atomic E-state index is 13.3. The van der Waals surface area contributed by atoms with Crippen LogP contribution in [0.1, 0.15) is 11.3 Å². The van der Waals surface area contributed by atoms with E-state index in [1.165, 1.54) is 16.8 Å². The minimum atomic E-state index is -0.603. The van der Waals surface area contributed by atoms with E-state index in [2.05, 4.69) is 10.3 Å². The second kappa shape index (κ2) is 5.09. The van der Waals surface area contributed by atoms with E-state index in [-0.39, 0.29) is 19.0 Å². The lowest BCUT2D eigenvalue weighted by molar-refractivity contribution is 0.551. The zero-order valence-corrected chi connectivity index (χ0v) is 9.84. The van der Waals surface area contributed by atoms with E-state index in [0.717, 1.165) is 6.07 Å². The van der Waals surface area contributed by atoms with Crippen LogP contribution in [0.25, 0.3) is 0 Å². The van der Waals surface area contributed by atoms with Crippen LogP contribution in [0.15, 0.2) is 18.2 Å². The molecule has 0 amide bonds. The Morgan fingerprint density at radius 2 is 2.06 bits per heavy atom. The summed E-state index contributed by atoms with van der Waals surface area (Å²) in [4.78, 5) is 0. The third-order valence-electron chi connectivity index (χ3n) is 2.35. The monoisotopic (exact) mass is 260 g/mol. The highest BCUT2D eigenvalue weighted by Crippen LogP contribution is 2.13. The summed E-state index contributed by atoms with van der Waals surface area (Å²) in [6.45, 7) is 1.92. The molecule has 2 N–H and O–H groups in total. The van der Waals surface area contributed by atoms with Crippen molar-refractivity contribution in [2.24, 2.45) is 0 Å². The van der Waals surface area contributed by atoms with E-state index in [1.54, 1.807) is 6.92 Å². The molecule has 0 radical (unpaired) electrons. The molecule has 1 heterocycles. The van der Waals surface area contributed by atoms with E-state index >= 15 is 0 Å². The van der Waals surface area contributed by atoms with Crippen molar-refractivity contribution in [1.82, 2.24) is 15.0 Å². The van der Waals surface area contributed by atoms with Crippen molar-refractivity contribution in [3.63, 3.8) is 0 Å². The lowest BCUT2D eigenvalue weighted by atomic mass is 10.2. The van der Waals surface area contributed by atoms with Crippen molar-refractivity contribution >= 4 is 18.2 Å². The van der Waals surface area contributed by atoms with Gasteiger partial charge in [0.2, 0.25) is 0 Å². The second-order valence-electron chi connectivity index (χ2n) is 3.45. The van der Waals surface area contributed by atoms with Gasteiger partial charge in [0.25, 0.3) is 0 Å². The third kappa shape index (κ3) is 2.71. The number of benzene rings is 1. The van der Waals surface area contributed by atoms with Crippen LogP contribution < -0.4 is 5.73 Å². The van der Waals surface area contributed by atoms with Crippen LogP contribution in [0.3, 0.4) is 0 Å². The molecule has 0 saturated heterocycles. The van der Waals surface area contributed by atoms with Gasteiger partial charge in [-0.1, -0.05) is 11.3 Å². The van der Waals surface area contributed by atoms with E-state index in [9.17, 15) is 8.78 Å². The van der Waals surface area contributed by atoms with Crippen molar-refractivity contribution in [2.75, 3.05) is 5.73 Å². The predicted molar refractivity (Wildman–Crippen MR) is 61.9 cm³/mol. The number of rotatable bonds is 2. The van der Waals surface area contributed by atoms with Gasteiger partial charge in [-0.05, 0) is 13.0 Å². The molecular weight excluding hydrogens is 250 g/mol. The summed E-state index contributed by atoms with van der Waals surface area (Å²) in [5.74, 6) is -0.896. The Hall–Kier alpha value is -1.69. The first-order chi connectivity index (χ1) is 7.58. The molecule has 1 aromatic heterocycles. The van der Waals surface area contributed by atoms with E-state index in [0.29, 0.717) is 17.1 Å². The number of aromatic nitrogens is 3. The average molecular weight is 261 g/mol. The molecule has 7 heteroatoms. The van der Waals surface area contributed by atoms with E-state index < -0.39 is 11.6 Å². The first-order valence-electron chi connectivity index (χ1n) is 4.67. The molecular formula is C10H11ClF2N4. The fourth-order valence-electron chi connectivity index (χ4n) is 1.34. The topological polar surface area (TPSA) is 56.7 Å². The molecule has 0 aliphatic carbocycles. The zero-order chi connectivity index (χ0) is 11.7. The van der Waals surface area contributed by atoms with Crippen LogP contribution in [-0.4, -0.2) is 15.0 Å². The van der Waals surface area contributed by atoms with Gasteiger partial charge in [-0.25, -0.2) is 13.5 Å². The van der Waals surface area contributed by atoms with Gasteiger partial charge in [0, 0.05) is 11.6 Å². The Labute approximate surface area is 103 Å². The normalized spacial score (nSPS) is 10.1. The Kier molecular flexibility index (Phi) is 4.01. The fourth-order valence-corrected chi connectivity index (χ4v) is 1.34. The van der Waals surface area contributed by atoms with Gasteiger partial charge in [0.15, 0.2) is 5.82 Å². The first kappa shape index (κ1) is 13.4. The van der Waals surface area contributed by atoms with Gasteiger partial charge in [-0.15, -0.1) is 17.5 Å². The summed E-state index contributed by atoms with van der Waals surface area (Å²) in [6, 6.07) is 3.42. The molecule has 0 aliphatic heterocycles. The van der Waals surface area contributed by atoms with Crippen LogP contribution in [0, 0.1) is 18.6 Å². The number of hydrogen-bond acceptors (Lipinski definition) is 3. The number of anilines is 1. The van der Waals surface area contributed by atoms with Gasteiger partial charge in [0.05, 0.1) is 12.2 Å². The lowest BCUT2D eigenvalue weighted by Crippen LogP contribution is -2.06. The van der Waals surface area contributed by atoms with Crippen LogP contribution in [0.4, 0.5) is 14.6 Å². The lowest BCUT2D eigenvalue weighted by Gasteiger charge is -2.04. The summed E-state index contributed by atoms with van der Waals surface area (Å²) in [6.07, 6.45) is 0. The summed E-state index contributed by atoms with van der Waals surface area (Å²) in [5, 5.41) is 7.41. The quantitative estimate of drug-likeness (QED) is 0.897. The van der Waals surface area contributed by atoms with Gasteiger partial charge in [-0.2, -0.15) is 0 Å². The molecule has 4 nitrogen and oxygen atoms in total. The summed E-state index contributed by atoms with van der Waals surface area (Å²) < 4.78 is 27.5. The molecule has 0 aliphatic rings. The Morgan fingerprint density at radius 3 is 2.59 bits per heavy atom. The van der Waals surface area contributed by atoms with Gasteiger partial charge in [-0.3, -0.25) is 0 Å². The molecule has 0 saturated carbocycles. The SMILES string of the molecule is Cc1c(N)nnn1Cc1ccc(F)cc1F.Cl. The molecule has 17 heavy (non-hydrogen) atoms. The van der Waals surface area contributed by atoms with Gasteiger partial charge >= 0.3 is 0 Å². The van der Waals surface area contributed by atoms with Crippen molar-refractivity contribution in [2.45, 2.75) is 13.5 Å². The highest BCUT2D eigenvalue weighted by atomic mass is 35.5. The molecule has 0 bridgehead atoms. The summed E-state index contributed by atoms with van der Waals surface area (Å²) >= 11 is 0. The zero-order valence-electron chi connectivity index (χ0n) is 9.02. The van der Waals surface area contributed by atoms with Crippen LogP contribution in [-0.2, 0) is 6.54 Å². The van der Waals surface area contributed by atoms with E-state index in [4.69, 9.17) is 5.73 Å². The molecule has 1 aromatic carbocycles. The van der Waals surface area contributed by atoms with E-state index in [1.807, 2.05) is 0 Å². The smallest absolute Gasteiger partial charge is 0.168 e. The molecule has 0 spiro atoms. The van der Waals surface area contributed by atoms with Crippen molar-refractivity contribution in [3.8, 4) is 0 Å². The Morgan fingerprint density at radius 1 is 1.35 bits per heavy atom. The van der Waals surface area contributed by atoms with Crippen LogP contribution in [0.2, 0.25) is 0 Å². The van der Waals surface area contributed by atoms with Crippen LogP contribution in [0.5, 0.6) is 0 Å². The minimum Gasteiger partial charge on any atom is -0.381 e. The Balaban J connectivity index is 0.00000144. The van der Waals surface area contributed by atoms with Gasteiger partial charge < -0.3 is 5.73 Å². The fraction of sp³-hybridized carbons (Fsp3) is 0.200. The maximum atomic E-state index is 13.3. The standard InChI is InChI=1S/C10H10F2N4.ClH/c1-6-10(13)14-15-16(6)5-7-2-3-8(11)4-9(7)12;/h2-4H,5,13H2,1H3;1H. The number of nitrogens with two attached hydrogens (primary N) is 1. The van der Waals surface area contributed by atoms with Crippen molar-refractivity contribution in [1.29, 1.82) is 0 Å². The maximum Gasteiger partial charge on any atom is 0.168 e. The molecule has 2 aromatic rings. The number of halogens is 3. The van der Waals surface area contributed by atoms with Gasteiger partial charge in [0.1, 0.15) is 11.6 Å². The summed E-state index contributed by atoms with van der Waals surface area (Å²) in [5.41, 5.74) is 6.51. The largest absolute Gasteiger partial charge is 0.381 e. The van der Waals surface area contributed by atoms with Crippen LogP contribution >= 0.6 is 12.4 Å². The highest BCUT2D eigenvalue weighted by Gasteiger charge is 2.09. The minimum absolute atomic E-state index is 0. The number of nitrogens with zero attached hydrogens (tertiary/aromatic N) is 3. The molecule has 92 valence electrons. The second-order valence-corrected chi connectivity index (χ2v) is 3.45. The highest BCUT2D eigenvalue weighted by molar-refractivity contribution is 5.85. The summed E-state index contributed by atoms with van der Waals surface area (Å²) in [7, 11) is 0. The average Bonchev–Trinajstić information content (AvgIpc) is 2.54. The van der Waals surface area contributed by atoms with Crippen molar-refractivity contribution in [3.05, 3.63) is 41.1 Å². The Bertz CT molecular complexity index is 527. The molecule has 2 rings (SSSR count). The predicted octanol–water partition coefficient (Wildman–Crippen LogP) is 1.92. The molecule has 0 unspecified atom stereocenters. The first-order valence-corrected chi connectivity index (χ1v) is 4.67. The third-order valence-corrected chi connectivity index (χ3v) is 2.35. The van der Waals surface area contributed by atoms with Crippen molar-refractivity contribution < 1.29 is 8.78 Å². The molecule has 0 atom stereocenters. The number of hydrogen-bond donors (Lipinski definition) is 1.